The van der Waals surface area contributed by atoms with Gasteiger partial charge >= 0.3 is 0 Å². The van der Waals surface area contributed by atoms with Crippen LogP contribution in [0.1, 0.15) is 32.3 Å². The third kappa shape index (κ3) is 3.83. The minimum absolute atomic E-state index is 0.0836. The molecular weight excluding hydrogens is 246 g/mol. The predicted octanol–water partition coefficient (Wildman–Crippen LogP) is 4.08. The van der Waals surface area contributed by atoms with Gasteiger partial charge in [0.1, 0.15) is 0 Å². The molecule has 0 saturated carbocycles. The van der Waals surface area contributed by atoms with Gasteiger partial charge in [0, 0.05) is 26.2 Å². The highest BCUT2D eigenvalue weighted by Gasteiger charge is 2.26. The lowest BCUT2D eigenvalue weighted by Gasteiger charge is -2.27. The summed E-state index contributed by atoms with van der Waals surface area (Å²) in [5.41, 5.74) is 3.56. The molecule has 1 aliphatic rings. The molecule has 0 heterocycles. The second-order valence-electron chi connectivity index (χ2n) is 6.52. The summed E-state index contributed by atoms with van der Waals surface area (Å²) >= 11 is 0. The van der Waals surface area contributed by atoms with Gasteiger partial charge in [-0.1, -0.05) is 38.1 Å². The van der Waals surface area contributed by atoms with E-state index in [1.807, 2.05) is 14.1 Å². The smallest absolute Gasteiger partial charge is 0.156 e. The minimum atomic E-state index is 0.0836. The van der Waals surface area contributed by atoms with E-state index in [9.17, 15) is 4.79 Å². The zero-order chi connectivity index (χ0) is 14.8. The molecular formula is C18H23NO. The Kier molecular flexibility index (Phi) is 4.12. The Morgan fingerprint density at radius 1 is 1.05 bits per heavy atom. The van der Waals surface area contributed by atoms with Crippen LogP contribution in [0, 0.1) is 5.41 Å². The number of nitrogens with zero attached hydrogens (tertiary/aromatic N) is 1. The fraction of sp³-hybridized carbons (Fsp3) is 0.389. The third-order valence-electron chi connectivity index (χ3n) is 3.58. The molecule has 0 aliphatic heterocycles. The maximum absolute atomic E-state index is 11.7. The van der Waals surface area contributed by atoms with Crippen LogP contribution < -0.4 is 4.90 Å². The second kappa shape index (κ2) is 5.66. The van der Waals surface area contributed by atoms with Gasteiger partial charge in [0.15, 0.2) is 5.78 Å². The van der Waals surface area contributed by atoms with Crippen molar-refractivity contribution in [2.45, 2.75) is 26.7 Å². The lowest BCUT2D eigenvalue weighted by molar-refractivity contribution is -0.116. The Morgan fingerprint density at radius 3 is 2.25 bits per heavy atom. The highest BCUT2D eigenvalue weighted by molar-refractivity contribution is 5.92. The number of rotatable bonds is 3. The van der Waals surface area contributed by atoms with Crippen molar-refractivity contribution in [3.63, 3.8) is 0 Å². The Balaban J connectivity index is 2.11. The molecule has 2 heteroatoms. The van der Waals surface area contributed by atoms with E-state index in [1.165, 1.54) is 5.69 Å². The molecule has 0 spiro atoms. The van der Waals surface area contributed by atoms with Crippen molar-refractivity contribution in [2.24, 2.45) is 5.41 Å². The molecule has 1 aromatic rings. The first-order chi connectivity index (χ1) is 9.35. The summed E-state index contributed by atoms with van der Waals surface area (Å²) < 4.78 is 0. The highest BCUT2D eigenvalue weighted by atomic mass is 16.1. The van der Waals surface area contributed by atoms with Crippen molar-refractivity contribution in [2.75, 3.05) is 19.0 Å². The molecule has 0 aromatic heterocycles. The normalized spacial score (nSPS) is 18.2. The molecule has 0 bridgehead atoms. The number of hydrogen-bond donors (Lipinski definition) is 0. The lowest BCUT2D eigenvalue weighted by Crippen LogP contribution is -2.21. The van der Waals surface area contributed by atoms with Gasteiger partial charge in [-0.15, -0.1) is 0 Å². The topological polar surface area (TPSA) is 20.3 Å². The number of benzene rings is 1. The van der Waals surface area contributed by atoms with E-state index in [0.29, 0.717) is 6.42 Å². The number of hydrogen-bond acceptors (Lipinski definition) is 2. The average molecular weight is 269 g/mol. The molecule has 0 radical (unpaired) electrons. The average Bonchev–Trinajstić information content (AvgIpc) is 2.34. The van der Waals surface area contributed by atoms with Gasteiger partial charge in [-0.2, -0.15) is 0 Å². The molecule has 0 N–H and O–H groups in total. The monoisotopic (exact) mass is 269 g/mol. The highest BCUT2D eigenvalue weighted by Crippen LogP contribution is 2.34. The number of carbonyl (C=O) groups is 1. The van der Waals surface area contributed by atoms with Gasteiger partial charge in [-0.05, 0) is 41.2 Å². The Labute approximate surface area is 121 Å². The summed E-state index contributed by atoms with van der Waals surface area (Å²) in [6, 6.07) is 8.40. The lowest BCUT2D eigenvalue weighted by atomic mass is 9.77. The van der Waals surface area contributed by atoms with E-state index < -0.39 is 0 Å². The van der Waals surface area contributed by atoms with E-state index in [0.717, 1.165) is 17.6 Å². The van der Waals surface area contributed by atoms with Gasteiger partial charge < -0.3 is 4.90 Å². The van der Waals surface area contributed by atoms with Crippen LogP contribution in [-0.2, 0) is 4.79 Å². The second-order valence-corrected chi connectivity index (χ2v) is 6.52. The van der Waals surface area contributed by atoms with E-state index >= 15 is 0 Å². The van der Waals surface area contributed by atoms with Crippen LogP contribution in [0.3, 0.4) is 0 Å². The van der Waals surface area contributed by atoms with Crippen LogP contribution in [0.5, 0.6) is 0 Å². The van der Waals surface area contributed by atoms with E-state index in [1.54, 1.807) is 6.08 Å². The third-order valence-corrected chi connectivity index (χ3v) is 3.58. The first-order valence-corrected chi connectivity index (χ1v) is 7.05. The summed E-state index contributed by atoms with van der Waals surface area (Å²) in [5.74, 6) is 0.240. The molecule has 0 saturated heterocycles. The van der Waals surface area contributed by atoms with Gasteiger partial charge in [0.25, 0.3) is 0 Å². The maximum atomic E-state index is 11.7. The first kappa shape index (κ1) is 14.6. The van der Waals surface area contributed by atoms with Crippen molar-refractivity contribution in [3.05, 3.63) is 47.6 Å². The van der Waals surface area contributed by atoms with Gasteiger partial charge in [-0.25, -0.2) is 0 Å². The van der Waals surface area contributed by atoms with E-state index in [-0.39, 0.29) is 11.2 Å². The van der Waals surface area contributed by atoms with Crippen molar-refractivity contribution in [3.8, 4) is 0 Å². The largest absolute Gasteiger partial charge is 0.378 e. The van der Waals surface area contributed by atoms with Crippen molar-refractivity contribution in [1.82, 2.24) is 0 Å². The summed E-state index contributed by atoms with van der Waals surface area (Å²) in [4.78, 5) is 13.8. The fourth-order valence-corrected chi connectivity index (χ4v) is 2.59. The summed E-state index contributed by atoms with van der Waals surface area (Å²) in [7, 11) is 4.07. The number of carbonyl (C=O) groups excluding carboxylic acids is 1. The molecule has 20 heavy (non-hydrogen) atoms. The van der Waals surface area contributed by atoms with Crippen molar-refractivity contribution in [1.29, 1.82) is 0 Å². The number of allylic oxidation sites excluding steroid dienone is 3. The first-order valence-electron chi connectivity index (χ1n) is 7.05. The van der Waals surface area contributed by atoms with Crippen LogP contribution in [0.25, 0.3) is 6.08 Å². The van der Waals surface area contributed by atoms with E-state index in [4.69, 9.17) is 0 Å². The summed E-state index contributed by atoms with van der Waals surface area (Å²) in [6.07, 6.45) is 7.56. The quantitative estimate of drug-likeness (QED) is 0.824. The van der Waals surface area contributed by atoms with Gasteiger partial charge in [-0.3, -0.25) is 4.79 Å². The molecule has 2 rings (SSSR count). The zero-order valence-electron chi connectivity index (χ0n) is 12.8. The SMILES string of the molecule is CN(C)c1ccc(/C=C/C2=CC(=O)CC(C)(C)C2)cc1. The summed E-state index contributed by atoms with van der Waals surface area (Å²) in [6.45, 7) is 4.30. The molecule has 0 amide bonds. The van der Waals surface area contributed by atoms with Crippen LogP contribution >= 0.6 is 0 Å². The van der Waals surface area contributed by atoms with E-state index in [2.05, 4.69) is 55.2 Å². The molecule has 0 fully saturated rings. The van der Waals surface area contributed by atoms with Crippen molar-refractivity contribution >= 4 is 17.5 Å². The fourth-order valence-electron chi connectivity index (χ4n) is 2.59. The molecule has 1 aromatic carbocycles. The Morgan fingerprint density at radius 2 is 1.70 bits per heavy atom. The van der Waals surface area contributed by atoms with Crippen LogP contribution in [-0.4, -0.2) is 19.9 Å². The minimum Gasteiger partial charge on any atom is -0.378 e. The molecule has 1 aliphatic carbocycles. The molecule has 0 atom stereocenters. The Hall–Kier alpha value is -1.83. The molecule has 106 valence electrons. The van der Waals surface area contributed by atoms with Crippen LogP contribution in [0.15, 0.2) is 42.0 Å². The summed E-state index contributed by atoms with van der Waals surface area (Å²) in [5, 5.41) is 0. The molecule has 2 nitrogen and oxygen atoms in total. The zero-order valence-corrected chi connectivity index (χ0v) is 12.8. The maximum Gasteiger partial charge on any atom is 0.156 e. The van der Waals surface area contributed by atoms with Crippen LogP contribution in [0.2, 0.25) is 0 Å². The van der Waals surface area contributed by atoms with Gasteiger partial charge in [0.2, 0.25) is 0 Å². The standard InChI is InChI=1S/C18H23NO/c1-18(2)12-15(11-17(20)13-18)6-5-14-7-9-16(10-8-14)19(3)4/h5-11H,12-13H2,1-4H3/b6-5+. The molecule has 0 unspecified atom stereocenters. The van der Waals surface area contributed by atoms with Gasteiger partial charge in [0.05, 0.1) is 0 Å². The van der Waals surface area contributed by atoms with Crippen LogP contribution in [0.4, 0.5) is 5.69 Å². The predicted molar refractivity (Wildman–Crippen MR) is 85.9 cm³/mol. The van der Waals surface area contributed by atoms with Crippen molar-refractivity contribution < 1.29 is 4.79 Å². The Bertz CT molecular complexity index is 547. The number of ketones is 1. The number of anilines is 1.